The minimum atomic E-state index is -0.806. The lowest BCUT2D eigenvalue weighted by Gasteiger charge is -2.40. The SMILES string of the molecule is Cc1ncoc1C(=O)N1CCC2(CCCN(Cc3cccc(F)c3F)C2)C1. The molecule has 1 aromatic carbocycles. The zero-order chi connectivity index (χ0) is 19.0. The molecule has 0 N–H and O–H groups in total. The van der Waals surface area contributed by atoms with Gasteiger partial charge in [-0.15, -0.1) is 0 Å². The van der Waals surface area contributed by atoms with E-state index in [0.29, 0.717) is 36.7 Å². The van der Waals surface area contributed by atoms with Crippen molar-refractivity contribution in [3.8, 4) is 0 Å². The molecule has 2 aromatic rings. The van der Waals surface area contributed by atoms with E-state index < -0.39 is 11.6 Å². The van der Waals surface area contributed by atoms with E-state index in [1.54, 1.807) is 19.1 Å². The standard InChI is InChI=1S/C20H23F2N3O2/c1-14-18(27-13-23-14)19(26)25-9-7-20(12-25)6-3-8-24(11-20)10-15-4-2-5-16(21)17(15)22/h2,4-5,13H,3,6-12H2,1H3. The normalized spacial score (nSPS) is 23.3. The van der Waals surface area contributed by atoms with Crippen molar-refractivity contribution in [1.82, 2.24) is 14.8 Å². The summed E-state index contributed by atoms with van der Waals surface area (Å²) in [5, 5.41) is 0. The van der Waals surface area contributed by atoms with Crippen LogP contribution in [0.5, 0.6) is 0 Å². The number of oxazole rings is 1. The van der Waals surface area contributed by atoms with Gasteiger partial charge in [-0.3, -0.25) is 9.69 Å². The zero-order valence-electron chi connectivity index (χ0n) is 15.4. The van der Waals surface area contributed by atoms with E-state index in [9.17, 15) is 13.6 Å². The van der Waals surface area contributed by atoms with Crippen LogP contribution in [0.25, 0.3) is 0 Å². The van der Waals surface area contributed by atoms with Crippen LogP contribution in [0.3, 0.4) is 0 Å². The first-order chi connectivity index (χ1) is 13.0. The van der Waals surface area contributed by atoms with Crippen LogP contribution >= 0.6 is 0 Å². The number of piperidine rings is 1. The molecular formula is C20H23F2N3O2. The number of aromatic nitrogens is 1. The van der Waals surface area contributed by atoms with Gasteiger partial charge in [0.1, 0.15) is 0 Å². The summed E-state index contributed by atoms with van der Waals surface area (Å²) in [5.41, 5.74) is 0.995. The number of likely N-dealkylation sites (tertiary alicyclic amines) is 2. The first-order valence-electron chi connectivity index (χ1n) is 9.32. The molecule has 0 saturated carbocycles. The quantitative estimate of drug-likeness (QED) is 0.825. The van der Waals surface area contributed by atoms with Crippen LogP contribution in [0.15, 0.2) is 29.0 Å². The smallest absolute Gasteiger partial charge is 0.291 e. The van der Waals surface area contributed by atoms with Gasteiger partial charge in [0.15, 0.2) is 18.0 Å². The highest BCUT2D eigenvalue weighted by atomic mass is 19.2. The Kier molecular flexibility index (Phi) is 4.72. The van der Waals surface area contributed by atoms with E-state index in [4.69, 9.17) is 4.42 Å². The van der Waals surface area contributed by atoms with Crippen molar-refractivity contribution in [3.05, 3.63) is 53.2 Å². The lowest BCUT2D eigenvalue weighted by molar-refractivity contribution is 0.0648. The number of rotatable bonds is 3. The van der Waals surface area contributed by atoms with Crippen molar-refractivity contribution in [2.45, 2.75) is 32.7 Å². The van der Waals surface area contributed by atoms with Crippen molar-refractivity contribution in [1.29, 1.82) is 0 Å². The summed E-state index contributed by atoms with van der Waals surface area (Å²) in [4.78, 5) is 20.7. The first kappa shape index (κ1) is 18.1. The molecule has 4 rings (SSSR count). The number of halogens is 2. The molecule has 3 heterocycles. The Bertz CT molecular complexity index is 854. The molecule has 2 fully saturated rings. The third-order valence-corrected chi connectivity index (χ3v) is 5.83. The van der Waals surface area contributed by atoms with Gasteiger partial charge in [-0.25, -0.2) is 13.8 Å². The van der Waals surface area contributed by atoms with Gasteiger partial charge in [-0.1, -0.05) is 12.1 Å². The van der Waals surface area contributed by atoms with Crippen LogP contribution < -0.4 is 0 Å². The maximum atomic E-state index is 14.0. The number of hydrogen-bond acceptors (Lipinski definition) is 4. The topological polar surface area (TPSA) is 49.6 Å². The van der Waals surface area contributed by atoms with Crippen LogP contribution in [-0.4, -0.2) is 46.9 Å². The lowest BCUT2D eigenvalue weighted by atomic mass is 9.79. The van der Waals surface area contributed by atoms with E-state index in [2.05, 4.69) is 9.88 Å². The van der Waals surface area contributed by atoms with Crippen LogP contribution in [0.1, 0.15) is 41.1 Å². The molecule has 5 nitrogen and oxygen atoms in total. The summed E-state index contributed by atoms with van der Waals surface area (Å²) in [5.74, 6) is -1.38. The minimum absolute atomic E-state index is 0.00559. The fourth-order valence-corrected chi connectivity index (χ4v) is 4.45. The third kappa shape index (κ3) is 3.48. The number of carbonyl (C=O) groups is 1. The molecule has 1 spiro atoms. The molecule has 27 heavy (non-hydrogen) atoms. The molecule has 1 aromatic heterocycles. The van der Waals surface area contributed by atoms with E-state index in [1.165, 1.54) is 6.39 Å². The second-order valence-corrected chi connectivity index (χ2v) is 7.77. The summed E-state index contributed by atoms with van der Waals surface area (Å²) in [6.07, 6.45) is 4.23. The van der Waals surface area contributed by atoms with Crippen molar-refractivity contribution in [3.63, 3.8) is 0 Å². The molecule has 2 saturated heterocycles. The number of hydrogen-bond donors (Lipinski definition) is 0. The van der Waals surface area contributed by atoms with Crippen molar-refractivity contribution in [2.75, 3.05) is 26.2 Å². The van der Waals surface area contributed by atoms with Gasteiger partial charge in [0, 0.05) is 37.2 Å². The van der Waals surface area contributed by atoms with Gasteiger partial charge < -0.3 is 9.32 Å². The molecule has 0 bridgehead atoms. The number of nitrogens with zero attached hydrogens (tertiary/aromatic N) is 3. The van der Waals surface area contributed by atoms with Gasteiger partial charge in [0.25, 0.3) is 5.91 Å². The first-order valence-corrected chi connectivity index (χ1v) is 9.32. The maximum Gasteiger partial charge on any atom is 0.291 e. The highest BCUT2D eigenvalue weighted by Crippen LogP contribution is 2.40. The number of amides is 1. The molecule has 2 aliphatic rings. The Morgan fingerprint density at radius 3 is 2.89 bits per heavy atom. The maximum absolute atomic E-state index is 14.0. The van der Waals surface area contributed by atoms with Crippen LogP contribution in [0.4, 0.5) is 8.78 Å². The number of benzene rings is 1. The fraction of sp³-hybridized carbons (Fsp3) is 0.500. The second-order valence-electron chi connectivity index (χ2n) is 7.77. The average Bonchev–Trinajstić information content (AvgIpc) is 3.25. The van der Waals surface area contributed by atoms with E-state index in [0.717, 1.165) is 38.4 Å². The number of aryl methyl sites for hydroxylation is 1. The molecule has 0 radical (unpaired) electrons. The monoisotopic (exact) mass is 375 g/mol. The summed E-state index contributed by atoms with van der Waals surface area (Å²) < 4.78 is 32.7. The van der Waals surface area contributed by atoms with Crippen molar-refractivity contribution < 1.29 is 18.0 Å². The predicted octanol–water partition coefficient (Wildman–Crippen LogP) is 3.39. The minimum Gasteiger partial charge on any atom is -0.438 e. The van der Waals surface area contributed by atoms with Crippen molar-refractivity contribution in [2.24, 2.45) is 5.41 Å². The van der Waals surface area contributed by atoms with Crippen LogP contribution in [0, 0.1) is 24.0 Å². The number of carbonyl (C=O) groups excluding carboxylic acids is 1. The third-order valence-electron chi connectivity index (χ3n) is 5.83. The van der Waals surface area contributed by atoms with Gasteiger partial charge in [-0.05, 0) is 38.8 Å². The predicted molar refractivity (Wildman–Crippen MR) is 95.1 cm³/mol. The second kappa shape index (κ2) is 7.03. The summed E-state index contributed by atoms with van der Waals surface area (Å²) in [6, 6.07) is 4.32. The molecule has 0 aliphatic carbocycles. The summed E-state index contributed by atoms with van der Waals surface area (Å²) >= 11 is 0. The van der Waals surface area contributed by atoms with E-state index >= 15 is 0 Å². The molecule has 144 valence electrons. The lowest BCUT2D eigenvalue weighted by Crippen LogP contribution is -2.45. The van der Waals surface area contributed by atoms with Gasteiger partial charge in [-0.2, -0.15) is 0 Å². The summed E-state index contributed by atoms with van der Waals surface area (Å²) in [6.45, 7) is 5.13. The Balaban J connectivity index is 1.44. The molecular weight excluding hydrogens is 352 g/mol. The zero-order valence-corrected chi connectivity index (χ0v) is 15.4. The van der Waals surface area contributed by atoms with Gasteiger partial charge in [0.05, 0.1) is 5.69 Å². The molecule has 7 heteroatoms. The summed E-state index contributed by atoms with van der Waals surface area (Å²) in [7, 11) is 0. The Hall–Kier alpha value is -2.28. The molecule has 1 atom stereocenters. The molecule has 1 unspecified atom stereocenters. The Morgan fingerprint density at radius 1 is 1.26 bits per heavy atom. The van der Waals surface area contributed by atoms with E-state index in [-0.39, 0.29) is 11.3 Å². The molecule has 2 aliphatic heterocycles. The highest BCUT2D eigenvalue weighted by molar-refractivity contribution is 5.92. The molecule has 1 amide bonds. The van der Waals surface area contributed by atoms with E-state index in [1.807, 2.05) is 4.90 Å². The average molecular weight is 375 g/mol. The van der Waals surface area contributed by atoms with Gasteiger partial charge in [0.2, 0.25) is 5.76 Å². The largest absolute Gasteiger partial charge is 0.438 e. The highest BCUT2D eigenvalue weighted by Gasteiger charge is 2.43. The van der Waals surface area contributed by atoms with Crippen LogP contribution in [0.2, 0.25) is 0 Å². The van der Waals surface area contributed by atoms with Gasteiger partial charge >= 0.3 is 0 Å². The van der Waals surface area contributed by atoms with Crippen LogP contribution in [-0.2, 0) is 6.54 Å². The Labute approximate surface area is 157 Å². The fourth-order valence-electron chi connectivity index (χ4n) is 4.45. The Morgan fingerprint density at radius 2 is 2.11 bits per heavy atom. The van der Waals surface area contributed by atoms with Crippen molar-refractivity contribution >= 4 is 5.91 Å².